The van der Waals surface area contributed by atoms with Crippen LogP contribution in [0.5, 0.6) is 6.01 Å². The molecule has 4 aromatic rings. The number of fused-ring (bicyclic) bond motifs is 2. The Morgan fingerprint density at radius 3 is 2.83 bits per heavy atom. The molecule has 0 saturated carbocycles. The van der Waals surface area contributed by atoms with Crippen LogP contribution in [-0.4, -0.2) is 83.2 Å². The van der Waals surface area contributed by atoms with Gasteiger partial charge >= 0.3 is 6.01 Å². The van der Waals surface area contributed by atoms with E-state index < -0.39 is 11.7 Å². The standard InChI is InChI=1S/C28H33FN8O3/c1-16-12-37(13-17(2)32-16)24-5-4-21(27(38)33-19-8-18-14-36(3)35-25(18)23(29)9-19)26-22(24)11-31-28(34-26)40-15-20-10-30-6-7-39-20/h4-5,8-9,11,14,16-17,20,30,32H,6-7,10,12-13,15H2,1-3H3,(H,33,38)/t16-,17+,20?. The molecule has 0 radical (unpaired) electrons. The number of morpholine rings is 1. The fourth-order valence-corrected chi connectivity index (χ4v) is 5.52. The number of carbonyl (C=O) groups is 1. The minimum absolute atomic E-state index is 0.108. The number of nitrogens with one attached hydrogen (secondary N) is 3. The van der Waals surface area contributed by atoms with Gasteiger partial charge in [0.25, 0.3) is 5.91 Å². The highest BCUT2D eigenvalue weighted by molar-refractivity contribution is 6.14. The zero-order valence-corrected chi connectivity index (χ0v) is 22.8. The van der Waals surface area contributed by atoms with Gasteiger partial charge in [-0.1, -0.05) is 0 Å². The van der Waals surface area contributed by atoms with E-state index in [1.54, 1.807) is 31.6 Å². The quantitative estimate of drug-likeness (QED) is 0.334. The lowest BCUT2D eigenvalue weighted by Crippen LogP contribution is -2.54. The maximum Gasteiger partial charge on any atom is 0.317 e. The van der Waals surface area contributed by atoms with Crippen molar-refractivity contribution in [3.05, 3.63) is 48.0 Å². The Kier molecular flexibility index (Phi) is 7.22. The predicted molar refractivity (Wildman–Crippen MR) is 151 cm³/mol. The molecule has 6 rings (SSSR count). The summed E-state index contributed by atoms with van der Waals surface area (Å²) in [5.41, 5.74) is 2.33. The fourth-order valence-electron chi connectivity index (χ4n) is 5.52. The third-order valence-electron chi connectivity index (χ3n) is 7.19. The van der Waals surface area contributed by atoms with Crippen molar-refractivity contribution < 1.29 is 18.7 Å². The van der Waals surface area contributed by atoms with Crippen molar-refractivity contribution in [3.63, 3.8) is 0 Å². The Hall–Kier alpha value is -3.87. The molecule has 4 heterocycles. The van der Waals surface area contributed by atoms with Crippen LogP contribution in [0.4, 0.5) is 15.8 Å². The van der Waals surface area contributed by atoms with E-state index in [9.17, 15) is 9.18 Å². The lowest BCUT2D eigenvalue weighted by molar-refractivity contribution is -0.00170. The Bertz CT molecular complexity index is 1540. The summed E-state index contributed by atoms with van der Waals surface area (Å²) in [6.07, 6.45) is 3.31. The number of halogens is 1. The minimum atomic E-state index is -0.506. The number of hydrogen-bond donors (Lipinski definition) is 3. The summed E-state index contributed by atoms with van der Waals surface area (Å²) in [6, 6.07) is 7.42. The van der Waals surface area contributed by atoms with Crippen LogP contribution in [0.2, 0.25) is 0 Å². The number of ether oxygens (including phenoxy) is 2. The van der Waals surface area contributed by atoms with Gasteiger partial charge in [-0.2, -0.15) is 10.1 Å². The second-order valence-corrected chi connectivity index (χ2v) is 10.6. The third-order valence-corrected chi connectivity index (χ3v) is 7.19. The molecule has 1 unspecified atom stereocenters. The monoisotopic (exact) mass is 548 g/mol. The van der Waals surface area contributed by atoms with Gasteiger partial charge in [-0.15, -0.1) is 0 Å². The molecule has 2 aromatic heterocycles. The van der Waals surface area contributed by atoms with Crippen LogP contribution in [0.15, 0.2) is 36.7 Å². The van der Waals surface area contributed by atoms with Gasteiger partial charge in [0.2, 0.25) is 0 Å². The molecular weight excluding hydrogens is 515 g/mol. The molecule has 12 heteroatoms. The summed E-state index contributed by atoms with van der Waals surface area (Å²) in [6.45, 7) is 8.31. The maximum atomic E-state index is 14.7. The summed E-state index contributed by atoms with van der Waals surface area (Å²) in [7, 11) is 1.72. The molecule has 11 nitrogen and oxygen atoms in total. The van der Waals surface area contributed by atoms with Crippen LogP contribution in [0.1, 0.15) is 24.2 Å². The van der Waals surface area contributed by atoms with E-state index in [4.69, 9.17) is 9.47 Å². The summed E-state index contributed by atoms with van der Waals surface area (Å²) >= 11 is 0. The highest BCUT2D eigenvalue weighted by Gasteiger charge is 2.25. The highest BCUT2D eigenvalue weighted by Crippen LogP contribution is 2.31. The second-order valence-electron chi connectivity index (χ2n) is 10.6. The molecule has 2 aliphatic heterocycles. The summed E-state index contributed by atoms with van der Waals surface area (Å²) < 4.78 is 27.8. The van der Waals surface area contributed by atoms with Gasteiger partial charge in [-0.25, -0.2) is 9.37 Å². The number of aromatic nitrogens is 4. The number of amides is 1. The van der Waals surface area contributed by atoms with E-state index in [1.807, 2.05) is 6.07 Å². The first-order valence-corrected chi connectivity index (χ1v) is 13.5. The molecule has 2 fully saturated rings. The van der Waals surface area contributed by atoms with Crippen LogP contribution in [0.3, 0.4) is 0 Å². The second kappa shape index (κ2) is 11.0. The number of hydrogen-bond acceptors (Lipinski definition) is 9. The zero-order chi connectivity index (χ0) is 27.8. The number of aryl methyl sites for hydroxylation is 1. The molecule has 2 aliphatic rings. The number of anilines is 2. The Balaban J connectivity index is 1.34. The predicted octanol–water partition coefficient (Wildman–Crippen LogP) is 2.46. The number of carbonyl (C=O) groups excluding carboxylic acids is 1. The Morgan fingerprint density at radius 2 is 2.05 bits per heavy atom. The molecule has 3 N–H and O–H groups in total. The molecule has 2 saturated heterocycles. The van der Waals surface area contributed by atoms with Crippen molar-refractivity contribution in [3.8, 4) is 6.01 Å². The fraction of sp³-hybridized carbons (Fsp3) is 0.429. The molecule has 210 valence electrons. The van der Waals surface area contributed by atoms with Gasteiger partial charge < -0.3 is 30.3 Å². The van der Waals surface area contributed by atoms with Gasteiger partial charge in [-0.3, -0.25) is 9.48 Å². The zero-order valence-electron chi connectivity index (χ0n) is 22.8. The van der Waals surface area contributed by atoms with E-state index in [-0.39, 0.29) is 24.2 Å². The van der Waals surface area contributed by atoms with Crippen LogP contribution in [-0.2, 0) is 11.8 Å². The van der Waals surface area contributed by atoms with Crippen molar-refractivity contribution >= 4 is 39.1 Å². The van der Waals surface area contributed by atoms with Gasteiger partial charge in [-0.05, 0) is 38.1 Å². The van der Waals surface area contributed by atoms with Crippen molar-refractivity contribution in [2.75, 3.05) is 49.6 Å². The molecule has 0 spiro atoms. The number of rotatable bonds is 6. The maximum absolute atomic E-state index is 14.7. The van der Waals surface area contributed by atoms with Crippen molar-refractivity contribution in [2.45, 2.75) is 32.0 Å². The summed E-state index contributed by atoms with van der Waals surface area (Å²) in [4.78, 5) is 25.0. The first-order valence-electron chi connectivity index (χ1n) is 13.5. The number of piperazine rings is 1. The third kappa shape index (κ3) is 5.42. The smallest absolute Gasteiger partial charge is 0.317 e. The van der Waals surface area contributed by atoms with Crippen LogP contribution < -0.4 is 25.6 Å². The number of benzene rings is 2. The van der Waals surface area contributed by atoms with Crippen LogP contribution >= 0.6 is 0 Å². The molecular formula is C28H33FN8O3. The first kappa shape index (κ1) is 26.4. The summed E-state index contributed by atoms with van der Waals surface area (Å²) in [5.74, 6) is -0.918. The van der Waals surface area contributed by atoms with Crippen molar-refractivity contribution in [1.82, 2.24) is 30.4 Å². The van der Waals surface area contributed by atoms with E-state index in [2.05, 4.69) is 49.8 Å². The van der Waals surface area contributed by atoms with Crippen LogP contribution in [0, 0.1) is 5.82 Å². The summed E-state index contributed by atoms with van der Waals surface area (Å²) in [5, 5.41) is 15.1. The van der Waals surface area contributed by atoms with Crippen molar-refractivity contribution in [2.24, 2.45) is 7.05 Å². The van der Waals surface area contributed by atoms with Gasteiger partial charge in [0, 0.05) is 79.9 Å². The lowest BCUT2D eigenvalue weighted by Gasteiger charge is -2.38. The van der Waals surface area contributed by atoms with E-state index in [1.165, 1.54) is 10.7 Å². The van der Waals surface area contributed by atoms with Gasteiger partial charge in [0.1, 0.15) is 18.2 Å². The van der Waals surface area contributed by atoms with Gasteiger partial charge in [0.15, 0.2) is 5.82 Å². The molecule has 3 atom stereocenters. The van der Waals surface area contributed by atoms with E-state index in [0.29, 0.717) is 47.4 Å². The SMILES string of the molecule is C[C@@H]1CN(c2ccc(C(=O)Nc3cc(F)c4nn(C)cc4c3)c3nc(OCC4CNCCO4)ncc23)C[C@H](C)N1. The average Bonchev–Trinajstić information content (AvgIpc) is 3.32. The molecule has 1 amide bonds. The first-order chi connectivity index (χ1) is 19.3. The molecule has 2 aromatic carbocycles. The lowest BCUT2D eigenvalue weighted by atomic mass is 10.0. The minimum Gasteiger partial charge on any atom is -0.461 e. The largest absolute Gasteiger partial charge is 0.461 e. The topological polar surface area (TPSA) is 118 Å². The molecule has 0 bridgehead atoms. The average molecular weight is 549 g/mol. The molecule has 40 heavy (non-hydrogen) atoms. The van der Waals surface area contributed by atoms with E-state index >= 15 is 0 Å². The normalized spacial score (nSPS) is 21.6. The van der Waals surface area contributed by atoms with Gasteiger partial charge in [0.05, 0.1) is 17.7 Å². The van der Waals surface area contributed by atoms with E-state index in [0.717, 1.165) is 30.7 Å². The Labute approximate surface area is 231 Å². The molecule has 0 aliphatic carbocycles. The highest BCUT2D eigenvalue weighted by atomic mass is 19.1. The van der Waals surface area contributed by atoms with Crippen LogP contribution in [0.25, 0.3) is 21.8 Å². The Morgan fingerprint density at radius 1 is 1.23 bits per heavy atom. The van der Waals surface area contributed by atoms with Crippen molar-refractivity contribution in [1.29, 1.82) is 0 Å². The number of nitrogens with zero attached hydrogens (tertiary/aromatic N) is 5.